The van der Waals surface area contributed by atoms with Crippen molar-refractivity contribution in [3.05, 3.63) is 41.7 Å². The summed E-state index contributed by atoms with van der Waals surface area (Å²) < 4.78 is 1.84. The average molecular weight is 410 g/mol. The van der Waals surface area contributed by atoms with Crippen LogP contribution in [0, 0.1) is 13.8 Å². The lowest BCUT2D eigenvalue weighted by atomic mass is 10.0. The number of aryl methyl sites for hydroxylation is 2. The average Bonchev–Trinajstić information content (AvgIpc) is 3.09. The molecular weight excluding hydrogens is 382 g/mol. The van der Waals surface area contributed by atoms with Crippen LogP contribution in [0.1, 0.15) is 44.0 Å². The zero-order valence-corrected chi connectivity index (χ0v) is 18.1. The number of carbonyl (C=O) groups excluding carboxylic acids is 1. The van der Waals surface area contributed by atoms with Gasteiger partial charge in [0.1, 0.15) is 5.03 Å². The largest absolute Gasteiger partial charge is 0.339 e. The summed E-state index contributed by atoms with van der Waals surface area (Å²) in [7, 11) is 0. The van der Waals surface area contributed by atoms with Crippen molar-refractivity contribution in [2.75, 3.05) is 12.3 Å². The molecule has 1 unspecified atom stereocenters. The lowest BCUT2D eigenvalue weighted by Gasteiger charge is -2.35. The Morgan fingerprint density at radius 3 is 2.69 bits per heavy atom. The van der Waals surface area contributed by atoms with Crippen LogP contribution in [0.2, 0.25) is 0 Å². The van der Waals surface area contributed by atoms with Gasteiger partial charge in [0.25, 0.3) is 0 Å². The van der Waals surface area contributed by atoms with E-state index >= 15 is 0 Å². The van der Waals surface area contributed by atoms with Gasteiger partial charge in [-0.05, 0) is 45.6 Å². The number of hydrogen-bond acceptors (Lipinski definition) is 5. The molecule has 1 amide bonds. The third-order valence-electron chi connectivity index (χ3n) is 5.60. The van der Waals surface area contributed by atoms with E-state index in [4.69, 9.17) is 0 Å². The molecule has 1 fully saturated rings. The standard InChI is InChI=1S/C22H27N5OS/c1-4-17-9-7-8-12-26(17)20(28)14-29-22-19-11-6-5-10-18(19)21(23-24-22)27-16(3)13-15(2)25-27/h5-6,10-11,13,17H,4,7-9,12,14H2,1-3H3. The SMILES string of the molecule is CCC1CCCCN1C(=O)CSc1nnc(-n2nc(C)cc2C)c2ccccc12. The molecule has 6 nitrogen and oxygen atoms in total. The summed E-state index contributed by atoms with van der Waals surface area (Å²) in [5, 5.41) is 16.3. The number of benzene rings is 1. The fourth-order valence-corrected chi connectivity index (χ4v) is 5.00. The van der Waals surface area contributed by atoms with Crippen LogP contribution in [0.3, 0.4) is 0 Å². The molecule has 0 spiro atoms. The van der Waals surface area contributed by atoms with E-state index in [9.17, 15) is 4.79 Å². The Balaban J connectivity index is 1.60. The predicted octanol–water partition coefficient (Wildman–Crippen LogP) is 4.32. The van der Waals surface area contributed by atoms with Crippen molar-refractivity contribution in [1.82, 2.24) is 24.9 Å². The molecule has 7 heteroatoms. The van der Waals surface area contributed by atoms with Gasteiger partial charge in [0.05, 0.1) is 11.4 Å². The lowest BCUT2D eigenvalue weighted by molar-refractivity contribution is -0.132. The van der Waals surface area contributed by atoms with E-state index in [0.29, 0.717) is 11.8 Å². The fraction of sp³-hybridized carbons (Fsp3) is 0.455. The summed E-state index contributed by atoms with van der Waals surface area (Å²) in [4.78, 5) is 14.9. The molecule has 1 aliphatic heterocycles. The Kier molecular flexibility index (Phi) is 5.85. The zero-order chi connectivity index (χ0) is 20.4. The Hall–Kier alpha value is -2.41. The van der Waals surface area contributed by atoms with Crippen LogP contribution >= 0.6 is 11.8 Å². The van der Waals surface area contributed by atoms with Gasteiger partial charge in [-0.2, -0.15) is 5.10 Å². The van der Waals surface area contributed by atoms with Gasteiger partial charge in [-0.15, -0.1) is 10.2 Å². The van der Waals surface area contributed by atoms with Crippen molar-refractivity contribution in [1.29, 1.82) is 0 Å². The number of nitrogens with zero attached hydrogens (tertiary/aromatic N) is 5. The first-order valence-electron chi connectivity index (χ1n) is 10.3. The highest BCUT2D eigenvalue weighted by Crippen LogP contribution is 2.30. The minimum atomic E-state index is 0.204. The topological polar surface area (TPSA) is 63.9 Å². The number of aromatic nitrogens is 4. The Morgan fingerprint density at radius 2 is 1.97 bits per heavy atom. The predicted molar refractivity (Wildman–Crippen MR) is 117 cm³/mol. The molecule has 152 valence electrons. The van der Waals surface area contributed by atoms with Crippen molar-refractivity contribution in [2.24, 2.45) is 0 Å². The minimum absolute atomic E-state index is 0.204. The maximum absolute atomic E-state index is 12.9. The first-order valence-corrected chi connectivity index (χ1v) is 11.3. The molecule has 3 aromatic rings. The summed E-state index contributed by atoms with van der Waals surface area (Å²) in [5.74, 6) is 1.33. The molecule has 1 saturated heterocycles. The van der Waals surface area contributed by atoms with Crippen molar-refractivity contribution >= 4 is 28.4 Å². The highest BCUT2D eigenvalue weighted by molar-refractivity contribution is 8.00. The van der Waals surface area contributed by atoms with Gasteiger partial charge < -0.3 is 4.90 Å². The summed E-state index contributed by atoms with van der Waals surface area (Å²) in [6.45, 7) is 7.03. The van der Waals surface area contributed by atoms with Crippen LogP contribution in [0.15, 0.2) is 35.4 Å². The Labute approximate surface area is 175 Å². The maximum atomic E-state index is 12.9. The highest BCUT2D eigenvalue weighted by Gasteiger charge is 2.25. The van der Waals surface area contributed by atoms with Gasteiger partial charge in [0.15, 0.2) is 5.82 Å². The summed E-state index contributed by atoms with van der Waals surface area (Å²) >= 11 is 1.48. The highest BCUT2D eigenvalue weighted by atomic mass is 32.2. The van der Waals surface area contributed by atoms with E-state index in [1.807, 2.05) is 48.9 Å². The van der Waals surface area contributed by atoms with Crippen LogP contribution < -0.4 is 0 Å². The molecule has 1 atom stereocenters. The third kappa shape index (κ3) is 4.01. The fourth-order valence-electron chi connectivity index (χ4n) is 4.14. The van der Waals surface area contributed by atoms with E-state index in [2.05, 4.69) is 27.1 Å². The van der Waals surface area contributed by atoms with Crippen LogP contribution in [0.5, 0.6) is 0 Å². The Bertz CT molecular complexity index is 1030. The molecule has 1 aliphatic rings. The maximum Gasteiger partial charge on any atom is 0.233 e. The summed E-state index contributed by atoms with van der Waals surface area (Å²) in [6.07, 6.45) is 4.47. The molecule has 0 N–H and O–H groups in total. The molecule has 29 heavy (non-hydrogen) atoms. The van der Waals surface area contributed by atoms with Gasteiger partial charge in [-0.1, -0.05) is 43.0 Å². The summed E-state index contributed by atoms with van der Waals surface area (Å²) in [6, 6.07) is 10.5. The smallest absolute Gasteiger partial charge is 0.233 e. The molecule has 3 heterocycles. The number of amides is 1. The lowest BCUT2D eigenvalue weighted by Crippen LogP contribution is -2.44. The van der Waals surface area contributed by atoms with Gasteiger partial charge in [0, 0.05) is 29.1 Å². The molecular formula is C22H27N5OS. The second-order valence-corrected chi connectivity index (χ2v) is 8.61. The van der Waals surface area contributed by atoms with Crippen LogP contribution in [-0.2, 0) is 4.79 Å². The van der Waals surface area contributed by atoms with E-state index in [1.54, 1.807) is 0 Å². The number of carbonyl (C=O) groups is 1. The number of fused-ring (bicyclic) bond motifs is 1. The van der Waals surface area contributed by atoms with Crippen molar-refractivity contribution < 1.29 is 4.79 Å². The van der Waals surface area contributed by atoms with Crippen LogP contribution in [0.25, 0.3) is 16.6 Å². The number of hydrogen-bond donors (Lipinski definition) is 0. The minimum Gasteiger partial charge on any atom is -0.339 e. The zero-order valence-electron chi connectivity index (χ0n) is 17.3. The molecule has 0 radical (unpaired) electrons. The van der Waals surface area contributed by atoms with Gasteiger partial charge in [0.2, 0.25) is 5.91 Å². The number of likely N-dealkylation sites (tertiary alicyclic amines) is 1. The quantitative estimate of drug-likeness (QED) is 0.588. The van der Waals surface area contributed by atoms with Crippen molar-refractivity contribution in [3.8, 4) is 5.82 Å². The first kappa shape index (κ1) is 19.9. The van der Waals surface area contributed by atoms with Gasteiger partial charge in [-0.25, -0.2) is 4.68 Å². The van der Waals surface area contributed by atoms with Crippen LogP contribution in [-0.4, -0.2) is 49.1 Å². The van der Waals surface area contributed by atoms with Gasteiger partial charge >= 0.3 is 0 Å². The van der Waals surface area contributed by atoms with E-state index < -0.39 is 0 Å². The number of thioether (sulfide) groups is 1. The van der Waals surface area contributed by atoms with Crippen molar-refractivity contribution in [3.63, 3.8) is 0 Å². The number of piperidine rings is 1. The molecule has 0 aliphatic carbocycles. The number of rotatable bonds is 5. The van der Waals surface area contributed by atoms with Crippen molar-refractivity contribution in [2.45, 2.75) is 57.5 Å². The first-order chi connectivity index (χ1) is 14.1. The molecule has 1 aromatic carbocycles. The second kappa shape index (κ2) is 8.53. The Morgan fingerprint density at radius 1 is 1.17 bits per heavy atom. The van der Waals surface area contributed by atoms with E-state index in [1.165, 1.54) is 18.2 Å². The van der Waals surface area contributed by atoms with E-state index in [-0.39, 0.29) is 5.91 Å². The molecule has 2 aromatic heterocycles. The molecule has 0 saturated carbocycles. The normalized spacial score (nSPS) is 17.1. The van der Waals surface area contributed by atoms with Gasteiger partial charge in [-0.3, -0.25) is 4.79 Å². The second-order valence-electron chi connectivity index (χ2n) is 7.65. The molecule has 0 bridgehead atoms. The molecule has 4 rings (SSSR count). The summed E-state index contributed by atoms with van der Waals surface area (Å²) in [5.41, 5.74) is 1.97. The van der Waals surface area contributed by atoms with Crippen LogP contribution in [0.4, 0.5) is 0 Å². The van der Waals surface area contributed by atoms with E-state index in [0.717, 1.165) is 58.8 Å². The third-order valence-corrected chi connectivity index (χ3v) is 6.56. The monoisotopic (exact) mass is 409 g/mol.